The van der Waals surface area contributed by atoms with Crippen LogP contribution >= 0.6 is 11.3 Å². The van der Waals surface area contributed by atoms with Gasteiger partial charge in [-0.25, -0.2) is 4.98 Å². The SMILES string of the molecule is COc1cc(C(=O)Nc2nc(-c3ccc4c(c3)NC(=O)C(C)O4)c(C)s2)cc(OC)c1OC. The molecule has 0 fully saturated rings. The third kappa shape index (κ3) is 4.29. The van der Waals surface area contributed by atoms with Crippen LogP contribution in [0.1, 0.15) is 22.2 Å². The van der Waals surface area contributed by atoms with Crippen molar-refractivity contribution in [2.75, 3.05) is 32.0 Å². The highest BCUT2D eigenvalue weighted by molar-refractivity contribution is 7.16. The van der Waals surface area contributed by atoms with Gasteiger partial charge in [-0.05, 0) is 44.2 Å². The summed E-state index contributed by atoms with van der Waals surface area (Å²) in [5, 5.41) is 6.10. The van der Waals surface area contributed by atoms with Crippen molar-refractivity contribution in [1.29, 1.82) is 0 Å². The quantitative estimate of drug-likeness (QED) is 0.559. The summed E-state index contributed by atoms with van der Waals surface area (Å²) in [5.74, 6) is 1.20. The summed E-state index contributed by atoms with van der Waals surface area (Å²) in [7, 11) is 4.48. The lowest BCUT2D eigenvalue weighted by atomic mass is 10.1. The molecule has 4 rings (SSSR count). The van der Waals surface area contributed by atoms with Gasteiger partial charge in [0.2, 0.25) is 5.75 Å². The molecule has 9 nitrogen and oxygen atoms in total. The number of methoxy groups -OCH3 is 3. The van der Waals surface area contributed by atoms with E-state index in [0.29, 0.717) is 45.1 Å². The van der Waals surface area contributed by atoms with Gasteiger partial charge >= 0.3 is 0 Å². The first-order valence-electron chi connectivity index (χ1n) is 10.0. The van der Waals surface area contributed by atoms with Crippen molar-refractivity contribution in [2.24, 2.45) is 0 Å². The lowest BCUT2D eigenvalue weighted by Gasteiger charge is -2.23. The number of hydrogen-bond donors (Lipinski definition) is 2. The third-order valence-corrected chi connectivity index (χ3v) is 6.01. The Labute approximate surface area is 194 Å². The number of aromatic nitrogens is 1. The number of benzene rings is 2. The molecule has 1 unspecified atom stereocenters. The minimum Gasteiger partial charge on any atom is -0.493 e. The Morgan fingerprint density at radius 2 is 1.82 bits per heavy atom. The number of ether oxygens (including phenoxy) is 4. The number of carbonyl (C=O) groups is 2. The number of rotatable bonds is 6. The maximum absolute atomic E-state index is 12.9. The first kappa shape index (κ1) is 22.4. The van der Waals surface area contributed by atoms with E-state index in [4.69, 9.17) is 18.9 Å². The molecule has 2 aromatic carbocycles. The van der Waals surface area contributed by atoms with Crippen LogP contribution in [-0.2, 0) is 4.79 Å². The summed E-state index contributed by atoms with van der Waals surface area (Å²) >= 11 is 1.35. The molecule has 2 N–H and O–H groups in total. The molecular weight excluding hydrogens is 446 g/mol. The van der Waals surface area contributed by atoms with Crippen LogP contribution in [0.4, 0.5) is 10.8 Å². The van der Waals surface area contributed by atoms with Crippen molar-refractivity contribution in [3.05, 3.63) is 40.8 Å². The minimum atomic E-state index is -0.540. The molecule has 0 aliphatic carbocycles. The molecule has 0 spiro atoms. The molecule has 2 amide bonds. The summed E-state index contributed by atoms with van der Waals surface area (Å²) in [4.78, 5) is 30.3. The first-order valence-corrected chi connectivity index (χ1v) is 10.9. The Hall–Kier alpha value is -3.79. The van der Waals surface area contributed by atoms with E-state index in [2.05, 4.69) is 15.6 Å². The van der Waals surface area contributed by atoms with Crippen LogP contribution < -0.4 is 29.6 Å². The lowest BCUT2D eigenvalue weighted by molar-refractivity contribution is -0.122. The van der Waals surface area contributed by atoms with Gasteiger partial charge in [0.1, 0.15) is 5.75 Å². The molecule has 10 heteroatoms. The molecule has 2 heterocycles. The highest BCUT2D eigenvalue weighted by Gasteiger charge is 2.24. The second kappa shape index (κ2) is 8.99. The van der Waals surface area contributed by atoms with E-state index in [0.717, 1.165) is 10.4 Å². The van der Waals surface area contributed by atoms with E-state index in [-0.39, 0.29) is 11.8 Å². The van der Waals surface area contributed by atoms with Gasteiger partial charge in [-0.1, -0.05) is 0 Å². The van der Waals surface area contributed by atoms with Crippen LogP contribution in [0, 0.1) is 6.92 Å². The zero-order chi connectivity index (χ0) is 23.7. The van der Waals surface area contributed by atoms with Crippen LogP contribution in [0.2, 0.25) is 0 Å². The molecule has 0 saturated heterocycles. The summed E-state index contributed by atoms with van der Waals surface area (Å²) in [6, 6.07) is 8.63. The van der Waals surface area contributed by atoms with Gasteiger partial charge < -0.3 is 24.3 Å². The van der Waals surface area contributed by atoms with E-state index in [1.54, 1.807) is 25.1 Å². The second-order valence-corrected chi connectivity index (χ2v) is 8.46. The van der Waals surface area contributed by atoms with Crippen molar-refractivity contribution < 1.29 is 28.5 Å². The van der Waals surface area contributed by atoms with Crippen molar-refractivity contribution in [2.45, 2.75) is 20.0 Å². The number of thiazole rings is 1. The molecule has 33 heavy (non-hydrogen) atoms. The average molecular weight is 470 g/mol. The molecule has 1 aliphatic heterocycles. The summed E-state index contributed by atoms with van der Waals surface area (Å²) in [5.41, 5.74) is 2.43. The van der Waals surface area contributed by atoms with E-state index < -0.39 is 6.10 Å². The van der Waals surface area contributed by atoms with Gasteiger partial charge in [-0.2, -0.15) is 0 Å². The largest absolute Gasteiger partial charge is 0.493 e. The number of anilines is 2. The molecule has 1 aliphatic rings. The number of amides is 2. The number of nitrogens with one attached hydrogen (secondary N) is 2. The topological polar surface area (TPSA) is 108 Å². The average Bonchev–Trinajstić information content (AvgIpc) is 3.18. The standard InChI is InChI=1S/C23H23N3O6S/c1-11-21(27)24-15-8-13(6-7-16(15)32-11)19-12(2)33-23(25-19)26-22(28)14-9-17(29-3)20(31-5)18(10-14)30-4/h6-11H,1-5H3,(H,24,27)(H,25,26,28). The fourth-order valence-corrected chi connectivity index (χ4v) is 4.29. The Morgan fingerprint density at radius 1 is 1.12 bits per heavy atom. The summed E-state index contributed by atoms with van der Waals surface area (Å²) in [6.45, 7) is 3.61. The molecule has 0 bridgehead atoms. The van der Waals surface area contributed by atoms with E-state index in [9.17, 15) is 9.59 Å². The fraction of sp³-hybridized carbons (Fsp3) is 0.261. The minimum absolute atomic E-state index is 0.201. The molecule has 1 aromatic heterocycles. The molecule has 0 saturated carbocycles. The molecule has 0 radical (unpaired) electrons. The molecular formula is C23H23N3O6S. The van der Waals surface area contributed by atoms with Crippen molar-refractivity contribution in [3.8, 4) is 34.3 Å². The maximum atomic E-state index is 12.9. The lowest BCUT2D eigenvalue weighted by Crippen LogP contribution is -2.34. The van der Waals surface area contributed by atoms with Gasteiger partial charge in [0, 0.05) is 16.0 Å². The van der Waals surface area contributed by atoms with Crippen LogP contribution in [-0.4, -0.2) is 44.2 Å². The monoisotopic (exact) mass is 469 g/mol. The van der Waals surface area contributed by atoms with Crippen molar-refractivity contribution >= 4 is 34.0 Å². The van der Waals surface area contributed by atoms with E-state index in [1.165, 1.54) is 32.7 Å². The Morgan fingerprint density at radius 3 is 2.45 bits per heavy atom. The Balaban J connectivity index is 1.59. The molecule has 172 valence electrons. The molecule has 1 atom stereocenters. The zero-order valence-corrected chi connectivity index (χ0v) is 19.6. The zero-order valence-electron chi connectivity index (χ0n) is 18.8. The third-order valence-electron chi connectivity index (χ3n) is 5.13. The van der Waals surface area contributed by atoms with E-state index in [1.807, 2.05) is 19.1 Å². The van der Waals surface area contributed by atoms with Crippen molar-refractivity contribution in [1.82, 2.24) is 4.98 Å². The van der Waals surface area contributed by atoms with Gasteiger partial charge in [-0.15, -0.1) is 11.3 Å². The fourth-order valence-electron chi connectivity index (χ4n) is 3.46. The van der Waals surface area contributed by atoms with Gasteiger partial charge in [-0.3, -0.25) is 14.9 Å². The highest BCUT2D eigenvalue weighted by Crippen LogP contribution is 2.39. The predicted molar refractivity (Wildman–Crippen MR) is 125 cm³/mol. The number of aryl methyl sites for hydroxylation is 1. The predicted octanol–water partition coefficient (Wildman–Crippen LogP) is 4.12. The van der Waals surface area contributed by atoms with Crippen molar-refractivity contribution in [3.63, 3.8) is 0 Å². The van der Waals surface area contributed by atoms with Crippen LogP contribution in [0.5, 0.6) is 23.0 Å². The number of hydrogen-bond acceptors (Lipinski definition) is 8. The van der Waals surface area contributed by atoms with Gasteiger partial charge in [0.15, 0.2) is 22.7 Å². The maximum Gasteiger partial charge on any atom is 0.265 e. The van der Waals surface area contributed by atoms with Gasteiger partial charge in [0.05, 0.1) is 32.7 Å². The van der Waals surface area contributed by atoms with Crippen LogP contribution in [0.15, 0.2) is 30.3 Å². The Kier molecular flexibility index (Phi) is 6.10. The van der Waals surface area contributed by atoms with Crippen LogP contribution in [0.3, 0.4) is 0 Å². The smallest absolute Gasteiger partial charge is 0.265 e. The number of fused-ring (bicyclic) bond motifs is 1. The summed E-state index contributed by atoms with van der Waals surface area (Å²) in [6.07, 6.45) is -0.540. The second-order valence-electron chi connectivity index (χ2n) is 7.25. The summed E-state index contributed by atoms with van der Waals surface area (Å²) < 4.78 is 21.6. The number of carbonyl (C=O) groups excluding carboxylic acids is 2. The first-order chi connectivity index (χ1) is 15.8. The normalized spacial score (nSPS) is 14.6. The highest BCUT2D eigenvalue weighted by atomic mass is 32.1. The van der Waals surface area contributed by atoms with Crippen LogP contribution in [0.25, 0.3) is 11.3 Å². The van der Waals surface area contributed by atoms with E-state index >= 15 is 0 Å². The molecule has 3 aromatic rings. The number of nitrogens with zero attached hydrogens (tertiary/aromatic N) is 1. The Bertz CT molecular complexity index is 1210. The van der Waals surface area contributed by atoms with Gasteiger partial charge in [0.25, 0.3) is 11.8 Å².